The summed E-state index contributed by atoms with van der Waals surface area (Å²) in [5.41, 5.74) is 2.45. The Kier molecular flexibility index (Phi) is 8.58. The molecule has 3 aromatic carbocycles. The van der Waals surface area contributed by atoms with E-state index in [1.165, 1.54) is 11.1 Å². The number of likely N-dealkylation sites (tertiary alicyclic amines) is 1. The Balaban J connectivity index is 1.19. The van der Waals surface area contributed by atoms with Crippen molar-refractivity contribution in [1.29, 1.82) is 0 Å². The minimum absolute atomic E-state index is 0.151. The number of methoxy groups -OCH3 is 1. The number of carbonyl (C=O) groups is 1. The van der Waals surface area contributed by atoms with Gasteiger partial charge in [0.1, 0.15) is 5.75 Å². The van der Waals surface area contributed by atoms with Gasteiger partial charge < -0.3 is 14.8 Å². The molecule has 0 saturated carbocycles. The standard InChI is InChI=1S/C29H34N2O3/c1-33-27-12-5-6-13-28(27)34-26-11-7-10-25(20-26)22-31-18-16-24(17-19-31)21-30-29(32)15-14-23-8-3-2-4-9-23/h2-13,20,24H,14-19,21-22H2,1H3,(H,30,32). The number of ether oxygens (including phenoxy) is 2. The Bertz CT molecular complexity index is 1050. The fourth-order valence-corrected chi connectivity index (χ4v) is 4.39. The molecule has 0 bridgehead atoms. The van der Waals surface area contributed by atoms with E-state index >= 15 is 0 Å². The number of hydrogen-bond acceptors (Lipinski definition) is 4. The van der Waals surface area contributed by atoms with Crippen molar-refractivity contribution >= 4 is 5.91 Å². The monoisotopic (exact) mass is 458 g/mol. The van der Waals surface area contributed by atoms with E-state index < -0.39 is 0 Å². The van der Waals surface area contributed by atoms with E-state index in [2.05, 4.69) is 34.5 Å². The van der Waals surface area contributed by atoms with Crippen molar-refractivity contribution in [2.45, 2.75) is 32.2 Å². The predicted molar refractivity (Wildman–Crippen MR) is 135 cm³/mol. The lowest BCUT2D eigenvalue weighted by Gasteiger charge is -2.32. The first kappa shape index (κ1) is 23.8. The van der Waals surface area contributed by atoms with Crippen molar-refractivity contribution in [3.05, 3.63) is 90.0 Å². The van der Waals surface area contributed by atoms with Gasteiger partial charge in [-0.1, -0.05) is 54.6 Å². The summed E-state index contributed by atoms with van der Waals surface area (Å²) in [6.07, 6.45) is 3.56. The van der Waals surface area contributed by atoms with Crippen LogP contribution in [0.4, 0.5) is 0 Å². The van der Waals surface area contributed by atoms with Gasteiger partial charge in [0.2, 0.25) is 5.91 Å². The van der Waals surface area contributed by atoms with Crippen LogP contribution < -0.4 is 14.8 Å². The Morgan fingerprint density at radius 2 is 1.62 bits per heavy atom. The lowest BCUT2D eigenvalue weighted by atomic mass is 9.96. The van der Waals surface area contributed by atoms with E-state index in [1.54, 1.807) is 7.11 Å². The van der Waals surface area contributed by atoms with Crippen LogP contribution in [0.5, 0.6) is 17.2 Å². The van der Waals surface area contributed by atoms with Crippen molar-refractivity contribution in [3.63, 3.8) is 0 Å². The molecule has 0 atom stereocenters. The lowest BCUT2D eigenvalue weighted by Crippen LogP contribution is -2.38. The van der Waals surface area contributed by atoms with Crippen LogP contribution in [-0.4, -0.2) is 37.6 Å². The molecule has 5 heteroatoms. The maximum absolute atomic E-state index is 12.2. The van der Waals surface area contributed by atoms with E-state index in [1.807, 2.05) is 54.6 Å². The highest BCUT2D eigenvalue weighted by Gasteiger charge is 2.20. The van der Waals surface area contributed by atoms with Crippen LogP contribution in [-0.2, 0) is 17.8 Å². The summed E-state index contributed by atoms with van der Waals surface area (Å²) in [7, 11) is 1.65. The second-order valence-electron chi connectivity index (χ2n) is 8.91. The molecule has 5 nitrogen and oxygen atoms in total. The SMILES string of the molecule is COc1ccccc1Oc1cccc(CN2CCC(CNC(=O)CCc3ccccc3)CC2)c1. The molecule has 1 aliphatic heterocycles. The Labute approximate surface area is 202 Å². The van der Waals surface area contributed by atoms with Crippen LogP contribution in [0.25, 0.3) is 0 Å². The smallest absolute Gasteiger partial charge is 0.220 e. The number of aryl methyl sites for hydroxylation is 1. The molecule has 1 aliphatic rings. The van der Waals surface area contributed by atoms with Gasteiger partial charge in [0.05, 0.1) is 7.11 Å². The molecule has 0 spiro atoms. The minimum Gasteiger partial charge on any atom is -0.493 e. The highest BCUT2D eigenvalue weighted by Crippen LogP contribution is 2.31. The molecule has 0 aromatic heterocycles. The number of nitrogens with zero attached hydrogens (tertiary/aromatic N) is 1. The molecule has 0 aliphatic carbocycles. The van der Waals surface area contributed by atoms with Crippen LogP contribution in [0, 0.1) is 5.92 Å². The van der Waals surface area contributed by atoms with Crippen molar-refractivity contribution in [2.75, 3.05) is 26.7 Å². The number of piperidine rings is 1. The van der Waals surface area contributed by atoms with Gasteiger partial charge in [-0.15, -0.1) is 0 Å². The number of benzene rings is 3. The van der Waals surface area contributed by atoms with Gasteiger partial charge in [0, 0.05) is 19.5 Å². The zero-order valence-corrected chi connectivity index (χ0v) is 19.9. The van der Waals surface area contributed by atoms with Gasteiger partial charge in [-0.05, 0) is 73.7 Å². The summed E-state index contributed by atoms with van der Waals surface area (Å²) in [5.74, 6) is 2.96. The van der Waals surface area contributed by atoms with E-state index in [0.29, 0.717) is 18.1 Å². The minimum atomic E-state index is 0.151. The number of para-hydroxylation sites is 2. The molecular formula is C29H34N2O3. The number of hydrogen-bond donors (Lipinski definition) is 1. The second kappa shape index (κ2) is 12.2. The number of nitrogens with one attached hydrogen (secondary N) is 1. The average Bonchev–Trinajstić information content (AvgIpc) is 2.88. The molecule has 1 heterocycles. The van der Waals surface area contributed by atoms with Gasteiger partial charge in [0.15, 0.2) is 11.5 Å². The summed E-state index contributed by atoms with van der Waals surface area (Å²) in [6, 6.07) is 26.1. The van der Waals surface area contributed by atoms with Crippen LogP contribution in [0.3, 0.4) is 0 Å². The summed E-state index contributed by atoms with van der Waals surface area (Å²) >= 11 is 0. The van der Waals surface area contributed by atoms with Crippen LogP contribution in [0.15, 0.2) is 78.9 Å². The van der Waals surface area contributed by atoms with Crippen LogP contribution in [0.2, 0.25) is 0 Å². The maximum Gasteiger partial charge on any atom is 0.220 e. The molecule has 1 N–H and O–H groups in total. The van der Waals surface area contributed by atoms with Gasteiger partial charge in [-0.2, -0.15) is 0 Å². The van der Waals surface area contributed by atoms with E-state index in [9.17, 15) is 4.79 Å². The Morgan fingerprint density at radius 1 is 0.912 bits per heavy atom. The quantitative estimate of drug-likeness (QED) is 0.439. The molecule has 1 amide bonds. The molecule has 34 heavy (non-hydrogen) atoms. The summed E-state index contributed by atoms with van der Waals surface area (Å²) < 4.78 is 11.5. The number of rotatable bonds is 10. The molecule has 0 unspecified atom stereocenters. The van der Waals surface area contributed by atoms with Gasteiger partial charge in [-0.3, -0.25) is 9.69 Å². The van der Waals surface area contributed by atoms with Crippen molar-refractivity contribution in [2.24, 2.45) is 5.92 Å². The second-order valence-corrected chi connectivity index (χ2v) is 8.91. The van der Waals surface area contributed by atoms with Crippen molar-refractivity contribution in [3.8, 4) is 17.2 Å². The Hall–Kier alpha value is -3.31. The third-order valence-corrected chi connectivity index (χ3v) is 6.38. The zero-order valence-electron chi connectivity index (χ0n) is 19.9. The molecule has 3 aromatic rings. The van der Waals surface area contributed by atoms with E-state index in [4.69, 9.17) is 9.47 Å². The molecule has 1 fully saturated rings. The third kappa shape index (κ3) is 7.09. The third-order valence-electron chi connectivity index (χ3n) is 6.38. The summed E-state index contributed by atoms with van der Waals surface area (Å²) in [6.45, 7) is 3.77. The zero-order chi connectivity index (χ0) is 23.6. The van der Waals surface area contributed by atoms with E-state index in [-0.39, 0.29) is 5.91 Å². The molecular weight excluding hydrogens is 424 g/mol. The molecule has 1 saturated heterocycles. The molecule has 4 rings (SSSR count). The van der Waals surface area contributed by atoms with Crippen LogP contribution in [0.1, 0.15) is 30.4 Å². The highest BCUT2D eigenvalue weighted by molar-refractivity contribution is 5.76. The summed E-state index contributed by atoms with van der Waals surface area (Å²) in [4.78, 5) is 14.7. The van der Waals surface area contributed by atoms with Crippen LogP contribution >= 0.6 is 0 Å². The summed E-state index contributed by atoms with van der Waals surface area (Å²) in [5, 5.41) is 3.14. The number of carbonyl (C=O) groups excluding carboxylic acids is 1. The van der Waals surface area contributed by atoms with E-state index in [0.717, 1.165) is 56.9 Å². The largest absolute Gasteiger partial charge is 0.493 e. The first-order valence-electron chi connectivity index (χ1n) is 12.1. The lowest BCUT2D eigenvalue weighted by molar-refractivity contribution is -0.121. The first-order chi connectivity index (χ1) is 16.7. The van der Waals surface area contributed by atoms with Crippen molar-refractivity contribution in [1.82, 2.24) is 10.2 Å². The van der Waals surface area contributed by atoms with Crippen molar-refractivity contribution < 1.29 is 14.3 Å². The van der Waals surface area contributed by atoms with Gasteiger partial charge in [0.25, 0.3) is 0 Å². The molecule has 0 radical (unpaired) electrons. The topological polar surface area (TPSA) is 50.8 Å². The van der Waals surface area contributed by atoms with Gasteiger partial charge >= 0.3 is 0 Å². The predicted octanol–water partition coefficient (Wildman–Crippen LogP) is 5.45. The average molecular weight is 459 g/mol. The molecule has 178 valence electrons. The fourth-order valence-electron chi connectivity index (χ4n) is 4.39. The first-order valence-corrected chi connectivity index (χ1v) is 12.1. The Morgan fingerprint density at radius 3 is 2.38 bits per heavy atom. The fraction of sp³-hybridized carbons (Fsp3) is 0.345. The normalized spacial score (nSPS) is 14.5. The van der Waals surface area contributed by atoms with Gasteiger partial charge in [-0.25, -0.2) is 0 Å². The number of amides is 1. The maximum atomic E-state index is 12.2. The highest BCUT2D eigenvalue weighted by atomic mass is 16.5.